The first-order valence-corrected chi connectivity index (χ1v) is 7.69. The van der Waals surface area contributed by atoms with Crippen molar-refractivity contribution in [1.29, 1.82) is 0 Å². The van der Waals surface area contributed by atoms with Gasteiger partial charge in [-0.1, -0.05) is 20.3 Å². The molecule has 0 atom stereocenters. The van der Waals surface area contributed by atoms with Gasteiger partial charge in [0.2, 0.25) is 0 Å². The third-order valence-corrected chi connectivity index (χ3v) is 3.70. The number of anilines is 1. The molecule has 0 aromatic carbocycles. The van der Waals surface area contributed by atoms with E-state index < -0.39 is 0 Å². The van der Waals surface area contributed by atoms with Crippen LogP contribution < -0.4 is 10.2 Å². The fourth-order valence-corrected chi connectivity index (χ4v) is 2.47. The van der Waals surface area contributed by atoms with Gasteiger partial charge in [-0.25, -0.2) is 4.98 Å². The van der Waals surface area contributed by atoms with Crippen molar-refractivity contribution in [3.63, 3.8) is 0 Å². The molecule has 19 heavy (non-hydrogen) atoms. The first-order chi connectivity index (χ1) is 9.28. The summed E-state index contributed by atoms with van der Waals surface area (Å²) < 4.78 is 0. The average Bonchev–Trinajstić information content (AvgIpc) is 3.24. The summed E-state index contributed by atoms with van der Waals surface area (Å²) in [7, 11) is 2.00. The van der Waals surface area contributed by atoms with Crippen molar-refractivity contribution >= 4 is 5.82 Å². The fourth-order valence-electron chi connectivity index (χ4n) is 2.47. The monoisotopic (exact) mass is 261 g/mol. The summed E-state index contributed by atoms with van der Waals surface area (Å²) in [6.45, 7) is 6.52. The lowest BCUT2D eigenvalue weighted by Gasteiger charge is -2.24. The van der Waals surface area contributed by atoms with Gasteiger partial charge in [0, 0.05) is 24.8 Å². The van der Waals surface area contributed by atoms with Gasteiger partial charge >= 0.3 is 0 Å². The number of nitrogens with zero attached hydrogens (tertiary/aromatic N) is 2. The van der Waals surface area contributed by atoms with E-state index in [1.165, 1.54) is 42.8 Å². The molecule has 1 aliphatic carbocycles. The van der Waals surface area contributed by atoms with Crippen LogP contribution in [0.5, 0.6) is 0 Å². The lowest BCUT2D eigenvalue weighted by atomic mass is 10.2. The zero-order valence-electron chi connectivity index (χ0n) is 12.6. The molecule has 2 rings (SSSR count). The molecule has 3 heteroatoms. The third kappa shape index (κ3) is 3.93. The van der Waals surface area contributed by atoms with Gasteiger partial charge in [0.15, 0.2) is 0 Å². The largest absolute Gasteiger partial charge is 0.354 e. The smallest absolute Gasteiger partial charge is 0.129 e. The van der Waals surface area contributed by atoms with E-state index in [-0.39, 0.29) is 0 Å². The summed E-state index contributed by atoms with van der Waals surface area (Å²) in [6.07, 6.45) is 6.19. The SMILES string of the molecule is CCCCN(c1cc(CNC)cc(CC)n1)C1CC1. The molecule has 106 valence electrons. The van der Waals surface area contributed by atoms with Crippen LogP contribution in [0.4, 0.5) is 5.82 Å². The van der Waals surface area contributed by atoms with Crippen LogP contribution in [0.2, 0.25) is 0 Å². The summed E-state index contributed by atoms with van der Waals surface area (Å²) in [4.78, 5) is 7.38. The van der Waals surface area contributed by atoms with Gasteiger partial charge in [-0.05, 0) is 50.4 Å². The molecule has 0 spiro atoms. The Bertz CT molecular complexity index is 399. The lowest BCUT2D eigenvalue weighted by molar-refractivity contribution is 0.700. The molecule has 1 N–H and O–H groups in total. The van der Waals surface area contributed by atoms with Crippen LogP contribution in [0.25, 0.3) is 0 Å². The van der Waals surface area contributed by atoms with Crippen LogP contribution >= 0.6 is 0 Å². The molecule has 1 aliphatic rings. The maximum absolute atomic E-state index is 4.85. The maximum Gasteiger partial charge on any atom is 0.129 e. The molecule has 1 saturated carbocycles. The van der Waals surface area contributed by atoms with Crippen molar-refractivity contribution in [2.24, 2.45) is 0 Å². The third-order valence-electron chi connectivity index (χ3n) is 3.70. The van der Waals surface area contributed by atoms with Gasteiger partial charge in [0.1, 0.15) is 5.82 Å². The molecular weight excluding hydrogens is 234 g/mol. The Morgan fingerprint density at radius 3 is 2.68 bits per heavy atom. The zero-order valence-corrected chi connectivity index (χ0v) is 12.6. The van der Waals surface area contributed by atoms with Crippen molar-refractivity contribution in [3.05, 3.63) is 23.4 Å². The summed E-state index contributed by atoms with van der Waals surface area (Å²) in [5.41, 5.74) is 2.57. The Kier molecular flexibility index (Phi) is 5.20. The Hall–Kier alpha value is -1.09. The Balaban J connectivity index is 2.21. The van der Waals surface area contributed by atoms with Crippen LogP contribution in [0.15, 0.2) is 12.1 Å². The fraction of sp³-hybridized carbons (Fsp3) is 0.688. The predicted octanol–water partition coefficient (Wildman–Crippen LogP) is 3.13. The molecule has 3 nitrogen and oxygen atoms in total. The number of unbranched alkanes of at least 4 members (excludes halogenated alkanes) is 1. The van der Waals surface area contributed by atoms with E-state index in [0.29, 0.717) is 0 Å². The summed E-state index contributed by atoms with van der Waals surface area (Å²) >= 11 is 0. The number of hydrogen-bond donors (Lipinski definition) is 1. The average molecular weight is 261 g/mol. The molecule has 0 amide bonds. The van der Waals surface area contributed by atoms with Crippen LogP contribution in [-0.2, 0) is 13.0 Å². The Labute approximate surface area is 117 Å². The zero-order chi connectivity index (χ0) is 13.7. The first-order valence-electron chi connectivity index (χ1n) is 7.69. The second kappa shape index (κ2) is 6.90. The molecule has 1 aromatic rings. The molecule has 0 unspecified atom stereocenters. The minimum Gasteiger partial charge on any atom is -0.354 e. The number of rotatable bonds is 8. The number of aromatic nitrogens is 1. The maximum atomic E-state index is 4.85. The second-order valence-corrected chi connectivity index (χ2v) is 5.49. The highest BCUT2D eigenvalue weighted by atomic mass is 15.2. The van der Waals surface area contributed by atoms with Gasteiger partial charge in [-0.2, -0.15) is 0 Å². The van der Waals surface area contributed by atoms with E-state index in [9.17, 15) is 0 Å². The lowest BCUT2D eigenvalue weighted by Crippen LogP contribution is -2.28. The summed E-state index contributed by atoms with van der Waals surface area (Å²) in [5, 5.41) is 3.24. The summed E-state index contributed by atoms with van der Waals surface area (Å²) in [5.74, 6) is 1.19. The van der Waals surface area contributed by atoms with Crippen molar-refractivity contribution in [2.75, 3.05) is 18.5 Å². The van der Waals surface area contributed by atoms with Crippen molar-refractivity contribution in [3.8, 4) is 0 Å². The normalized spacial score (nSPS) is 14.7. The molecule has 0 aliphatic heterocycles. The summed E-state index contributed by atoms with van der Waals surface area (Å²) in [6, 6.07) is 5.24. The highest BCUT2D eigenvalue weighted by molar-refractivity contribution is 5.45. The van der Waals surface area contributed by atoms with E-state index in [4.69, 9.17) is 4.98 Å². The number of nitrogens with one attached hydrogen (secondary N) is 1. The van der Waals surface area contributed by atoms with Gasteiger partial charge in [-0.3, -0.25) is 0 Å². The predicted molar refractivity (Wildman–Crippen MR) is 81.7 cm³/mol. The van der Waals surface area contributed by atoms with Crippen LogP contribution in [0, 0.1) is 0 Å². The van der Waals surface area contributed by atoms with Gasteiger partial charge in [0.05, 0.1) is 0 Å². The van der Waals surface area contributed by atoms with Crippen LogP contribution in [-0.4, -0.2) is 24.6 Å². The molecule has 0 saturated heterocycles. The minimum atomic E-state index is 0.744. The van der Waals surface area contributed by atoms with E-state index in [1.807, 2.05) is 7.05 Å². The number of aryl methyl sites for hydroxylation is 1. The molecule has 0 radical (unpaired) electrons. The molecular formula is C16H27N3. The van der Waals surface area contributed by atoms with E-state index >= 15 is 0 Å². The quantitative estimate of drug-likeness (QED) is 0.779. The van der Waals surface area contributed by atoms with Crippen molar-refractivity contribution < 1.29 is 0 Å². The standard InChI is InChI=1S/C16H27N3/c1-4-6-9-19(15-7-8-15)16-11-13(12-17-3)10-14(5-2)18-16/h10-11,15,17H,4-9,12H2,1-3H3. The van der Waals surface area contributed by atoms with Crippen LogP contribution in [0.3, 0.4) is 0 Å². The molecule has 0 bridgehead atoms. The Morgan fingerprint density at radius 2 is 2.11 bits per heavy atom. The minimum absolute atomic E-state index is 0.744. The topological polar surface area (TPSA) is 28.2 Å². The van der Waals surface area contributed by atoms with Gasteiger partial charge < -0.3 is 10.2 Å². The number of hydrogen-bond acceptors (Lipinski definition) is 3. The molecule has 1 fully saturated rings. The Morgan fingerprint density at radius 1 is 1.32 bits per heavy atom. The van der Waals surface area contributed by atoms with E-state index in [0.717, 1.165) is 25.6 Å². The first kappa shape index (κ1) is 14.3. The van der Waals surface area contributed by atoms with Crippen molar-refractivity contribution in [2.45, 2.75) is 58.5 Å². The highest BCUT2D eigenvalue weighted by Crippen LogP contribution is 2.31. The van der Waals surface area contributed by atoms with Gasteiger partial charge in [-0.15, -0.1) is 0 Å². The second-order valence-electron chi connectivity index (χ2n) is 5.49. The van der Waals surface area contributed by atoms with Crippen molar-refractivity contribution in [1.82, 2.24) is 10.3 Å². The van der Waals surface area contributed by atoms with Crippen LogP contribution in [0.1, 0.15) is 50.8 Å². The molecule has 1 heterocycles. The van der Waals surface area contributed by atoms with E-state index in [1.54, 1.807) is 0 Å². The van der Waals surface area contributed by atoms with E-state index in [2.05, 4.69) is 36.2 Å². The molecule has 1 aromatic heterocycles. The highest BCUT2D eigenvalue weighted by Gasteiger charge is 2.29. The van der Waals surface area contributed by atoms with Gasteiger partial charge in [0.25, 0.3) is 0 Å². The number of pyridine rings is 1.